The number of furan rings is 1. The van der Waals surface area contributed by atoms with Gasteiger partial charge in [-0.25, -0.2) is 0 Å². The second-order valence-electron chi connectivity index (χ2n) is 4.35. The average Bonchev–Trinajstić information content (AvgIpc) is 2.87. The molecule has 0 aliphatic carbocycles. The van der Waals surface area contributed by atoms with Crippen molar-refractivity contribution in [1.29, 1.82) is 0 Å². The highest BCUT2D eigenvalue weighted by molar-refractivity contribution is 5.38. The zero-order chi connectivity index (χ0) is 12.8. The fraction of sp³-hybridized carbons (Fsp3) is 0.333. The van der Waals surface area contributed by atoms with Gasteiger partial charge < -0.3 is 14.5 Å². The summed E-state index contributed by atoms with van der Waals surface area (Å²) in [4.78, 5) is 0. The van der Waals surface area contributed by atoms with Gasteiger partial charge in [0.25, 0.3) is 0 Å². The lowest BCUT2D eigenvalue weighted by atomic mass is 10.1. The van der Waals surface area contributed by atoms with Crippen molar-refractivity contribution in [3.8, 4) is 5.75 Å². The van der Waals surface area contributed by atoms with E-state index < -0.39 is 0 Å². The monoisotopic (exact) mass is 245 g/mol. The van der Waals surface area contributed by atoms with E-state index in [0.717, 1.165) is 24.4 Å². The largest absolute Gasteiger partial charge is 0.492 e. The van der Waals surface area contributed by atoms with Gasteiger partial charge in [-0.05, 0) is 37.1 Å². The molecule has 0 aliphatic rings. The van der Waals surface area contributed by atoms with Crippen LogP contribution >= 0.6 is 0 Å². The Morgan fingerprint density at radius 2 is 2.11 bits per heavy atom. The quantitative estimate of drug-likeness (QED) is 0.794. The molecule has 96 valence electrons. The number of rotatable bonds is 6. The Bertz CT molecular complexity index is 477. The van der Waals surface area contributed by atoms with Crippen LogP contribution in [0.1, 0.15) is 16.7 Å². The van der Waals surface area contributed by atoms with Crippen LogP contribution in [0.25, 0.3) is 0 Å². The van der Waals surface area contributed by atoms with Crippen LogP contribution in [0.3, 0.4) is 0 Å². The van der Waals surface area contributed by atoms with Crippen molar-refractivity contribution in [3.63, 3.8) is 0 Å². The third-order valence-corrected chi connectivity index (χ3v) is 3.00. The lowest BCUT2D eigenvalue weighted by molar-refractivity contribution is 0.311. The molecule has 0 aliphatic heterocycles. The molecule has 3 heteroatoms. The molecule has 2 rings (SSSR count). The van der Waals surface area contributed by atoms with Gasteiger partial charge >= 0.3 is 0 Å². The maximum absolute atomic E-state index is 5.75. The number of aryl methyl sites for hydroxylation is 1. The summed E-state index contributed by atoms with van der Waals surface area (Å²) in [6.07, 6.45) is 3.43. The summed E-state index contributed by atoms with van der Waals surface area (Å²) in [5, 5.41) is 3.31. The van der Waals surface area contributed by atoms with Crippen LogP contribution in [-0.4, -0.2) is 13.2 Å². The van der Waals surface area contributed by atoms with E-state index in [1.54, 1.807) is 12.5 Å². The average molecular weight is 245 g/mol. The molecular formula is C15H19NO2. The molecule has 1 N–H and O–H groups in total. The molecule has 18 heavy (non-hydrogen) atoms. The fourth-order valence-electron chi connectivity index (χ4n) is 1.74. The topological polar surface area (TPSA) is 34.4 Å². The van der Waals surface area contributed by atoms with Crippen LogP contribution in [0.5, 0.6) is 5.75 Å². The molecule has 0 fully saturated rings. The molecule has 1 aromatic heterocycles. The minimum Gasteiger partial charge on any atom is -0.492 e. The van der Waals surface area contributed by atoms with Crippen molar-refractivity contribution < 1.29 is 9.15 Å². The summed E-state index contributed by atoms with van der Waals surface area (Å²) in [6, 6.07) is 8.09. The molecule has 3 nitrogen and oxygen atoms in total. The number of benzene rings is 1. The van der Waals surface area contributed by atoms with Crippen molar-refractivity contribution in [3.05, 3.63) is 53.5 Å². The molecule has 1 aromatic carbocycles. The Morgan fingerprint density at radius 1 is 1.22 bits per heavy atom. The number of nitrogens with one attached hydrogen (secondary N) is 1. The van der Waals surface area contributed by atoms with Gasteiger partial charge in [0.15, 0.2) is 0 Å². The van der Waals surface area contributed by atoms with Crippen LogP contribution < -0.4 is 10.1 Å². The first-order chi connectivity index (χ1) is 8.77. The maximum Gasteiger partial charge on any atom is 0.122 e. The number of ether oxygens (including phenoxy) is 1. The number of hydrogen-bond donors (Lipinski definition) is 1. The standard InChI is InChI=1S/C15H19NO2/c1-12-4-3-5-15(13(12)2)18-9-7-16-10-14-6-8-17-11-14/h3-6,8,11,16H,7,9-10H2,1-2H3. The van der Waals surface area contributed by atoms with Crippen LogP contribution in [-0.2, 0) is 6.54 Å². The molecule has 0 saturated heterocycles. The van der Waals surface area contributed by atoms with Crippen molar-refractivity contribution in [2.75, 3.05) is 13.2 Å². The molecule has 0 amide bonds. The van der Waals surface area contributed by atoms with Gasteiger partial charge in [-0.1, -0.05) is 12.1 Å². The zero-order valence-corrected chi connectivity index (χ0v) is 10.9. The van der Waals surface area contributed by atoms with E-state index in [1.807, 2.05) is 18.2 Å². The first kappa shape index (κ1) is 12.7. The van der Waals surface area contributed by atoms with Gasteiger partial charge in [-0.15, -0.1) is 0 Å². The fourth-order valence-corrected chi connectivity index (χ4v) is 1.74. The third kappa shape index (κ3) is 3.37. The smallest absolute Gasteiger partial charge is 0.122 e. The molecule has 1 heterocycles. The SMILES string of the molecule is Cc1cccc(OCCNCc2ccoc2)c1C. The van der Waals surface area contributed by atoms with E-state index in [0.29, 0.717) is 6.61 Å². The molecule has 0 unspecified atom stereocenters. The lowest BCUT2D eigenvalue weighted by Crippen LogP contribution is -2.20. The molecular weight excluding hydrogens is 226 g/mol. The summed E-state index contributed by atoms with van der Waals surface area (Å²) in [6.45, 7) is 6.48. The van der Waals surface area contributed by atoms with Gasteiger partial charge in [-0.2, -0.15) is 0 Å². The molecule has 0 bridgehead atoms. The van der Waals surface area contributed by atoms with E-state index in [2.05, 4.69) is 25.2 Å². The van der Waals surface area contributed by atoms with Gasteiger partial charge in [0.2, 0.25) is 0 Å². The van der Waals surface area contributed by atoms with Gasteiger partial charge in [0.05, 0.1) is 12.5 Å². The summed E-state index contributed by atoms with van der Waals surface area (Å²) < 4.78 is 10.7. The Hall–Kier alpha value is -1.74. The second-order valence-corrected chi connectivity index (χ2v) is 4.35. The highest BCUT2D eigenvalue weighted by Crippen LogP contribution is 2.20. The minimum absolute atomic E-state index is 0.669. The number of hydrogen-bond acceptors (Lipinski definition) is 3. The highest BCUT2D eigenvalue weighted by atomic mass is 16.5. The Labute approximate surface area is 108 Å². The Morgan fingerprint density at radius 3 is 2.89 bits per heavy atom. The minimum atomic E-state index is 0.669. The predicted octanol–water partition coefficient (Wildman–Crippen LogP) is 3.07. The molecule has 2 aromatic rings. The van der Waals surface area contributed by atoms with Crippen LogP contribution in [0.4, 0.5) is 0 Å². The van der Waals surface area contributed by atoms with Crippen LogP contribution in [0.15, 0.2) is 41.2 Å². The van der Waals surface area contributed by atoms with Gasteiger partial charge in [0.1, 0.15) is 12.4 Å². The molecule has 0 saturated carbocycles. The van der Waals surface area contributed by atoms with Gasteiger partial charge in [0, 0.05) is 18.7 Å². The normalized spacial score (nSPS) is 10.6. The van der Waals surface area contributed by atoms with Crippen LogP contribution in [0, 0.1) is 13.8 Å². The first-order valence-electron chi connectivity index (χ1n) is 6.18. The Balaban J connectivity index is 1.70. The van der Waals surface area contributed by atoms with E-state index in [1.165, 1.54) is 11.1 Å². The first-order valence-corrected chi connectivity index (χ1v) is 6.18. The highest BCUT2D eigenvalue weighted by Gasteiger charge is 2.01. The zero-order valence-electron chi connectivity index (χ0n) is 10.9. The third-order valence-electron chi connectivity index (χ3n) is 3.00. The van der Waals surface area contributed by atoms with Crippen molar-refractivity contribution >= 4 is 0 Å². The van der Waals surface area contributed by atoms with Gasteiger partial charge in [-0.3, -0.25) is 0 Å². The summed E-state index contributed by atoms with van der Waals surface area (Å²) >= 11 is 0. The lowest BCUT2D eigenvalue weighted by Gasteiger charge is -2.11. The Kier molecular flexibility index (Phi) is 4.42. The summed E-state index contributed by atoms with van der Waals surface area (Å²) in [5.74, 6) is 0.972. The van der Waals surface area contributed by atoms with Crippen molar-refractivity contribution in [1.82, 2.24) is 5.32 Å². The second kappa shape index (κ2) is 6.26. The van der Waals surface area contributed by atoms with E-state index in [4.69, 9.17) is 9.15 Å². The van der Waals surface area contributed by atoms with E-state index in [-0.39, 0.29) is 0 Å². The van der Waals surface area contributed by atoms with Crippen LogP contribution in [0.2, 0.25) is 0 Å². The molecule has 0 radical (unpaired) electrons. The van der Waals surface area contributed by atoms with Crippen molar-refractivity contribution in [2.45, 2.75) is 20.4 Å². The van der Waals surface area contributed by atoms with Crippen molar-refractivity contribution in [2.24, 2.45) is 0 Å². The summed E-state index contributed by atoms with van der Waals surface area (Å²) in [5.41, 5.74) is 3.63. The molecule has 0 atom stereocenters. The maximum atomic E-state index is 5.75. The molecule has 0 spiro atoms. The van der Waals surface area contributed by atoms with E-state index in [9.17, 15) is 0 Å². The predicted molar refractivity (Wildman–Crippen MR) is 71.8 cm³/mol. The summed E-state index contributed by atoms with van der Waals surface area (Å²) in [7, 11) is 0. The van der Waals surface area contributed by atoms with E-state index >= 15 is 0 Å².